The standard InChI is InChI=1S/C19H18N4O3/c20-18(25)12-6-1-3-8-14(12)22-17(24)11-5-10-16-21-15-9-4-2-7-13(15)19(26)23-16/h1-4,6-9H,5,10-11H2,(H2,20,25)(H,22,24)(H,21,23,26). The summed E-state index contributed by atoms with van der Waals surface area (Å²) in [5.74, 6) is -0.292. The van der Waals surface area contributed by atoms with Crippen LogP contribution in [0.3, 0.4) is 0 Å². The number of hydrogen-bond donors (Lipinski definition) is 3. The number of primary amides is 1. The molecule has 3 aromatic rings. The van der Waals surface area contributed by atoms with Gasteiger partial charge in [0.25, 0.3) is 11.5 Å². The Morgan fingerprint density at radius 2 is 1.81 bits per heavy atom. The molecule has 0 unspecified atom stereocenters. The fraction of sp³-hybridized carbons (Fsp3) is 0.158. The number of aromatic nitrogens is 2. The topological polar surface area (TPSA) is 118 Å². The van der Waals surface area contributed by atoms with Crippen molar-refractivity contribution in [2.45, 2.75) is 19.3 Å². The molecular weight excluding hydrogens is 332 g/mol. The fourth-order valence-electron chi connectivity index (χ4n) is 2.69. The Morgan fingerprint density at radius 3 is 2.62 bits per heavy atom. The minimum absolute atomic E-state index is 0.189. The Morgan fingerprint density at radius 1 is 1.08 bits per heavy atom. The molecule has 0 aliphatic heterocycles. The number of carbonyl (C=O) groups excluding carboxylic acids is 2. The van der Waals surface area contributed by atoms with Crippen molar-refractivity contribution >= 4 is 28.4 Å². The van der Waals surface area contributed by atoms with Gasteiger partial charge >= 0.3 is 0 Å². The van der Waals surface area contributed by atoms with E-state index in [0.717, 1.165) is 0 Å². The number of fused-ring (bicyclic) bond motifs is 1. The molecule has 0 aliphatic carbocycles. The summed E-state index contributed by atoms with van der Waals surface area (Å²) in [6.07, 6.45) is 1.19. The van der Waals surface area contributed by atoms with Crippen LogP contribution >= 0.6 is 0 Å². The smallest absolute Gasteiger partial charge is 0.258 e. The zero-order chi connectivity index (χ0) is 18.5. The number of aromatic amines is 1. The number of nitrogens with two attached hydrogens (primary N) is 1. The third-order valence-corrected chi connectivity index (χ3v) is 3.95. The molecule has 26 heavy (non-hydrogen) atoms. The molecule has 1 aromatic heterocycles. The van der Waals surface area contributed by atoms with Crippen molar-refractivity contribution < 1.29 is 9.59 Å². The van der Waals surface area contributed by atoms with Gasteiger partial charge in [-0.3, -0.25) is 14.4 Å². The maximum absolute atomic E-state index is 12.1. The van der Waals surface area contributed by atoms with E-state index in [2.05, 4.69) is 15.3 Å². The summed E-state index contributed by atoms with van der Waals surface area (Å²) in [6, 6.07) is 13.7. The fourth-order valence-corrected chi connectivity index (χ4v) is 2.69. The first-order chi connectivity index (χ1) is 12.5. The van der Waals surface area contributed by atoms with Crippen molar-refractivity contribution in [2.75, 3.05) is 5.32 Å². The van der Waals surface area contributed by atoms with Crippen LogP contribution in [0.15, 0.2) is 53.3 Å². The Labute approximate surface area is 149 Å². The second-order valence-electron chi connectivity index (χ2n) is 5.84. The highest BCUT2D eigenvalue weighted by molar-refractivity contribution is 6.02. The molecular formula is C19H18N4O3. The van der Waals surface area contributed by atoms with Crippen molar-refractivity contribution in [1.29, 1.82) is 0 Å². The van der Waals surface area contributed by atoms with E-state index in [0.29, 0.717) is 35.3 Å². The molecule has 0 saturated carbocycles. The monoisotopic (exact) mass is 350 g/mol. The van der Waals surface area contributed by atoms with E-state index in [4.69, 9.17) is 5.73 Å². The summed E-state index contributed by atoms with van der Waals surface area (Å²) in [7, 11) is 0. The van der Waals surface area contributed by atoms with Crippen molar-refractivity contribution in [2.24, 2.45) is 5.73 Å². The van der Waals surface area contributed by atoms with Crippen LogP contribution in [-0.2, 0) is 11.2 Å². The van der Waals surface area contributed by atoms with Gasteiger partial charge in [-0.1, -0.05) is 24.3 Å². The maximum atomic E-state index is 12.1. The Balaban J connectivity index is 1.61. The van der Waals surface area contributed by atoms with Gasteiger partial charge < -0.3 is 16.0 Å². The van der Waals surface area contributed by atoms with Crippen LogP contribution in [-0.4, -0.2) is 21.8 Å². The Bertz CT molecular complexity index is 1030. The molecule has 2 amide bonds. The number of hydrogen-bond acceptors (Lipinski definition) is 4. The summed E-state index contributed by atoms with van der Waals surface area (Å²) in [4.78, 5) is 42.6. The van der Waals surface area contributed by atoms with Crippen LogP contribution in [0, 0.1) is 0 Å². The number of rotatable bonds is 6. The number of H-pyrrole nitrogens is 1. The third kappa shape index (κ3) is 3.94. The van der Waals surface area contributed by atoms with Crippen molar-refractivity contribution in [3.63, 3.8) is 0 Å². The lowest BCUT2D eigenvalue weighted by Crippen LogP contribution is -2.18. The molecule has 1 heterocycles. The van der Waals surface area contributed by atoms with Gasteiger partial charge in [-0.2, -0.15) is 0 Å². The summed E-state index contributed by atoms with van der Waals surface area (Å²) in [5, 5.41) is 3.23. The molecule has 4 N–H and O–H groups in total. The predicted molar refractivity (Wildman–Crippen MR) is 98.9 cm³/mol. The van der Waals surface area contributed by atoms with Crippen LogP contribution in [0.2, 0.25) is 0 Å². The van der Waals surface area contributed by atoms with E-state index in [-0.39, 0.29) is 23.5 Å². The number of amides is 2. The molecule has 0 atom stereocenters. The highest BCUT2D eigenvalue weighted by Crippen LogP contribution is 2.15. The molecule has 7 heteroatoms. The number of nitrogens with zero attached hydrogens (tertiary/aromatic N) is 1. The van der Waals surface area contributed by atoms with Gasteiger partial charge in [-0.05, 0) is 30.7 Å². The lowest BCUT2D eigenvalue weighted by molar-refractivity contribution is -0.116. The summed E-state index contributed by atoms with van der Waals surface area (Å²) < 4.78 is 0. The number of benzene rings is 2. The van der Waals surface area contributed by atoms with E-state index in [1.165, 1.54) is 0 Å². The Hall–Kier alpha value is -3.48. The highest BCUT2D eigenvalue weighted by Gasteiger charge is 2.10. The lowest BCUT2D eigenvalue weighted by atomic mass is 10.1. The van der Waals surface area contributed by atoms with E-state index in [9.17, 15) is 14.4 Å². The highest BCUT2D eigenvalue weighted by atomic mass is 16.2. The van der Waals surface area contributed by atoms with E-state index in [1.807, 2.05) is 6.07 Å². The summed E-state index contributed by atoms with van der Waals surface area (Å²) >= 11 is 0. The molecule has 0 aliphatic rings. The molecule has 0 fully saturated rings. The molecule has 0 saturated heterocycles. The van der Waals surface area contributed by atoms with Gasteiger partial charge in [0.15, 0.2) is 0 Å². The van der Waals surface area contributed by atoms with Crippen LogP contribution < -0.4 is 16.6 Å². The van der Waals surface area contributed by atoms with E-state index < -0.39 is 5.91 Å². The largest absolute Gasteiger partial charge is 0.366 e. The predicted octanol–water partition coefficient (Wildman–Crippen LogP) is 1.98. The number of nitrogens with one attached hydrogen (secondary N) is 2. The number of carbonyl (C=O) groups is 2. The van der Waals surface area contributed by atoms with Crippen LogP contribution in [0.4, 0.5) is 5.69 Å². The molecule has 132 valence electrons. The van der Waals surface area contributed by atoms with Crippen LogP contribution in [0.5, 0.6) is 0 Å². The molecule has 3 rings (SSSR count). The average Bonchev–Trinajstić information content (AvgIpc) is 2.62. The third-order valence-electron chi connectivity index (χ3n) is 3.95. The normalized spacial score (nSPS) is 10.6. The second-order valence-corrected chi connectivity index (χ2v) is 5.84. The van der Waals surface area contributed by atoms with Gasteiger partial charge in [0, 0.05) is 12.8 Å². The molecule has 0 spiro atoms. The molecule has 0 radical (unpaired) electrons. The lowest BCUT2D eigenvalue weighted by Gasteiger charge is -2.08. The zero-order valence-electron chi connectivity index (χ0n) is 14.0. The minimum atomic E-state index is -0.598. The Kier molecular flexibility index (Phi) is 5.07. The van der Waals surface area contributed by atoms with Gasteiger partial charge in [0.05, 0.1) is 22.2 Å². The summed E-state index contributed by atoms with van der Waals surface area (Å²) in [5.41, 5.74) is 6.39. The van der Waals surface area contributed by atoms with Crippen LogP contribution in [0.1, 0.15) is 29.0 Å². The van der Waals surface area contributed by atoms with Gasteiger partial charge in [0.1, 0.15) is 5.82 Å². The maximum Gasteiger partial charge on any atom is 0.258 e. The first-order valence-corrected chi connectivity index (χ1v) is 8.21. The first-order valence-electron chi connectivity index (χ1n) is 8.21. The summed E-state index contributed by atoms with van der Waals surface area (Å²) in [6.45, 7) is 0. The van der Waals surface area contributed by atoms with Crippen molar-refractivity contribution in [3.05, 3.63) is 70.3 Å². The molecule has 2 aromatic carbocycles. The minimum Gasteiger partial charge on any atom is -0.366 e. The molecule has 7 nitrogen and oxygen atoms in total. The zero-order valence-corrected chi connectivity index (χ0v) is 14.0. The van der Waals surface area contributed by atoms with Crippen LogP contribution in [0.25, 0.3) is 10.9 Å². The number of para-hydroxylation sites is 2. The van der Waals surface area contributed by atoms with Gasteiger partial charge in [-0.25, -0.2) is 4.98 Å². The number of anilines is 1. The second kappa shape index (κ2) is 7.60. The van der Waals surface area contributed by atoms with E-state index >= 15 is 0 Å². The van der Waals surface area contributed by atoms with E-state index in [1.54, 1.807) is 42.5 Å². The van der Waals surface area contributed by atoms with Gasteiger partial charge in [0.2, 0.25) is 5.91 Å². The molecule has 0 bridgehead atoms. The number of aryl methyl sites for hydroxylation is 1. The van der Waals surface area contributed by atoms with Crippen molar-refractivity contribution in [1.82, 2.24) is 9.97 Å². The average molecular weight is 350 g/mol. The van der Waals surface area contributed by atoms with Crippen molar-refractivity contribution in [3.8, 4) is 0 Å². The quantitative estimate of drug-likeness (QED) is 0.630. The SMILES string of the molecule is NC(=O)c1ccccc1NC(=O)CCCc1nc2ccccc2c(=O)[nH]1. The van der Waals surface area contributed by atoms with Gasteiger partial charge in [-0.15, -0.1) is 0 Å². The first kappa shape index (κ1) is 17.3.